The van der Waals surface area contributed by atoms with Crippen LogP contribution in [0.25, 0.3) is 0 Å². The number of nitrogens with zero attached hydrogens (tertiary/aromatic N) is 4. The zero-order chi connectivity index (χ0) is 9.97. The van der Waals surface area contributed by atoms with Crippen LogP contribution in [0.15, 0.2) is 17.0 Å². The van der Waals surface area contributed by atoms with Crippen LogP contribution in [-0.4, -0.2) is 27.2 Å². The van der Waals surface area contributed by atoms with E-state index in [2.05, 4.69) is 20.0 Å². The Kier molecular flexibility index (Phi) is 2.18. The molecule has 2 aromatic rings. The SMILES string of the molecule is COc1cnn(Cc2nonc2C)c1. The van der Waals surface area contributed by atoms with Crippen molar-refractivity contribution in [3.05, 3.63) is 23.8 Å². The van der Waals surface area contributed by atoms with Crippen molar-refractivity contribution in [3.8, 4) is 5.75 Å². The van der Waals surface area contributed by atoms with Crippen LogP contribution in [0.2, 0.25) is 0 Å². The highest BCUT2D eigenvalue weighted by molar-refractivity contribution is 5.13. The first kappa shape index (κ1) is 8.74. The average Bonchev–Trinajstić information content (AvgIpc) is 2.77. The van der Waals surface area contributed by atoms with E-state index in [0.717, 1.165) is 17.1 Å². The number of aryl methyl sites for hydroxylation is 1. The van der Waals surface area contributed by atoms with Gasteiger partial charge in [-0.1, -0.05) is 10.3 Å². The molecule has 0 aliphatic carbocycles. The first-order valence-electron chi connectivity index (χ1n) is 4.14. The van der Waals surface area contributed by atoms with E-state index in [1.165, 1.54) is 0 Å². The van der Waals surface area contributed by atoms with Gasteiger partial charge in [0, 0.05) is 0 Å². The molecule has 74 valence electrons. The fourth-order valence-electron chi connectivity index (χ4n) is 1.08. The summed E-state index contributed by atoms with van der Waals surface area (Å²) in [5, 5.41) is 11.5. The smallest absolute Gasteiger partial charge is 0.156 e. The first-order chi connectivity index (χ1) is 6.79. The summed E-state index contributed by atoms with van der Waals surface area (Å²) in [6.45, 7) is 2.38. The van der Waals surface area contributed by atoms with Crippen molar-refractivity contribution < 1.29 is 9.37 Å². The van der Waals surface area contributed by atoms with Crippen LogP contribution in [0.3, 0.4) is 0 Å². The van der Waals surface area contributed by atoms with Gasteiger partial charge < -0.3 is 4.74 Å². The molecule has 0 bridgehead atoms. The van der Waals surface area contributed by atoms with E-state index in [9.17, 15) is 0 Å². The number of ether oxygens (including phenoxy) is 1. The van der Waals surface area contributed by atoms with Gasteiger partial charge in [0.1, 0.15) is 11.4 Å². The number of hydrogen-bond acceptors (Lipinski definition) is 5. The van der Waals surface area contributed by atoms with Crippen molar-refractivity contribution in [2.45, 2.75) is 13.5 Å². The molecule has 0 radical (unpaired) electrons. The third-order valence-corrected chi connectivity index (χ3v) is 1.90. The van der Waals surface area contributed by atoms with Crippen molar-refractivity contribution in [1.82, 2.24) is 20.1 Å². The summed E-state index contributed by atoms with van der Waals surface area (Å²) in [6, 6.07) is 0. The van der Waals surface area contributed by atoms with Gasteiger partial charge in [0.2, 0.25) is 0 Å². The fraction of sp³-hybridized carbons (Fsp3) is 0.375. The Morgan fingerprint density at radius 1 is 1.50 bits per heavy atom. The minimum atomic E-state index is 0.540. The Balaban J connectivity index is 2.15. The lowest BCUT2D eigenvalue weighted by atomic mass is 10.3. The van der Waals surface area contributed by atoms with Crippen LogP contribution in [0.4, 0.5) is 0 Å². The lowest BCUT2D eigenvalue weighted by Crippen LogP contribution is -2.01. The van der Waals surface area contributed by atoms with Gasteiger partial charge in [-0.15, -0.1) is 0 Å². The largest absolute Gasteiger partial charge is 0.493 e. The quantitative estimate of drug-likeness (QED) is 0.717. The molecule has 2 aromatic heterocycles. The van der Waals surface area contributed by atoms with E-state index in [1.807, 2.05) is 6.92 Å². The monoisotopic (exact) mass is 194 g/mol. The highest BCUT2D eigenvalue weighted by Crippen LogP contribution is 2.09. The number of rotatable bonds is 3. The molecule has 0 amide bonds. The number of methoxy groups -OCH3 is 1. The fourth-order valence-corrected chi connectivity index (χ4v) is 1.08. The Morgan fingerprint density at radius 3 is 2.93 bits per heavy atom. The Labute approximate surface area is 80.4 Å². The minimum Gasteiger partial charge on any atom is -0.493 e. The zero-order valence-corrected chi connectivity index (χ0v) is 7.97. The lowest BCUT2D eigenvalue weighted by molar-refractivity contribution is 0.300. The lowest BCUT2D eigenvalue weighted by Gasteiger charge is -1.95. The summed E-state index contributed by atoms with van der Waals surface area (Å²) in [4.78, 5) is 0. The second-order valence-corrected chi connectivity index (χ2v) is 2.87. The highest BCUT2D eigenvalue weighted by atomic mass is 16.6. The third kappa shape index (κ3) is 1.59. The predicted molar refractivity (Wildman–Crippen MR) is 46.9 cm³/mol. The normalized spacial score (nSPS) is 10.4. The third-order valence-electron chi connectivity index (χ3n) is 1.90. The summed E-state index contributed by atoms with van der Waals surface area (Å²) in [5.41, 5.74) is 1.55. The standard InChI is InChI=1S/C8H10N4O2/c1-6-8(11-14-10-6)5-12-4-7(13-2)3-9-12/h3-4H,5H2,1-2H3. The molecule has 0 unspecified atom stereocenters. The second-order valence-electron chi connectivity index (χ2n) is 2.87. The molecule has 0 aromatic carbocycles. The average molecular weight is 194 g/mol. The molecule has 14 heavy (non-hydrogen) atoms. The van der Waals surface area contributed by atoms with Crippen LogP contribution < -0.4 is 4.74 Å². The molecule has 0 saturated carbocycles. The maximum absolute atomic E-state index is 5.00. The van der Waals surface area contributed by atoms with E-state index in [4.69, 9.17) is 4.74 Å². The van der Waals surface area contributed by atoms with E-state index in [-0.39, 0.29) is 0 Å². The Hall–Kier alpha value is -1.85. The van der Waals surface area contributed by atoms with Gasteiger partial charge in [0.05, 0.1) is 26.0 Å². The Morgan fingerprint density at radius 2 is 2.36 bits per heavy atom. The van der Waals surface area contributed by atoms with Crippen molar-refractivity contribution in [3.63, 3.8) is 0 Å². The second kappa shape index (κ2) is 3.49. The van der Waals surface area contributed by atoms with E-state index in [0.29, 0.717) is 6.54 Å². The minimum absolute atomic E-state index is 0.540. The van der Waals surface area contributed by atoms with E-state index < -0.39 is 0 Å². The van der Waals surface area contributed by atoms with Gasteiger partial charge in [-0.25, -0.2) is 4.63 Å². The summed E-state index contributed by atoms with van der Waals surface area (Å²) in [5.74, 6) is 0.721. The van der Waals surface area contributed by atoms with Crippen LogP contribution >= 0.6 is 0 Å². The van der Waals surface area contributed by atoms with Gasteiger partial charge in [-0.05, 0) is 6.92 Å². The zero-order valence-electron chi connectivity index (χ0n) is 7.97. The molecular weight excluding hydrogens is 184 g/mol. The van der Waals surface area contributed by atoms with Crippen LogP contribution in [0.1, 0.15) is 11.4 Å². The Bertz CT molecular complexity index is 420. The van der Waals surface area contributed by atoms with Crippen LogP contribution in [-0.2, 0) is 6.54 Å². The highest BCUT2D eigenvalue weighted by Gasteiger charge is 2.06. The molecular formula is C8H10N4O2. The molecule has 0 fully saturated rings. The maximum Gasteiger partial charge on any atom is 0.156 e. The summed E-state index contributed by atoms with van der Waals surface area (Å²) in [6.07, 6.45) is 3.43. The van der Waals surface area contributed by atoms with Gasteiger partial charge >= 0.3 is 0 Å². The summed E-state index contributed by atoms with van der Waals surface area (Å²) < 4.78 is 11.3. The molecule has 0 atom stereocenters. The number of hydrogen-bond donors (Lipinski definition) is 0. The van der Waals surface area contributed by atoms with Crippen LogP contribution in [0, 0.1) is 6.92 Å². The van der Waals surface area contributed by atoms with Crippen molar-refractivity contribution >= 4 is 0 Å². The predicted octanol–water partition coefficient (Wildman–Crippen LogP) is 0.631. The number of aromatic nitrogens is 4. The van der Waals surface area contributed by atoms with E-state index in [1.54, 1.807) is 24.2 Å². The molecule has 0 aliphatic rings. The van der Waals surface area contributed by atoms with Crippen molar-refractivity contribution in [2.75, 3.05) is 7.11 Å². The van der Waals surface area contributed by atoms with Gasteiger partial charge in [0.25, 0.3) is 0 Å². The van der Waals surface area contributed by atoms with Gasteiger partial charge in [0.15, 0.2) is 5.75 Å². The molecule has 0 N–H and O–H groups in total. The van der Waals surface area contributed by atoms with Gasteiger partial charge in [-0.2, -0.15) is 5.10 Å². The molecule has 2 rings (SSSR count). The molecule has 6 heteroatoms. The molecule has 0 aliphatic heterocycles. The van der Waals surface area contributed by atoms with Crippen molar-refractivity contribution in [2.24, 2.45) is 0 Å². The van der Waals surface area contributed by atoms with E-state index >= 15 is 0 Å². The molecule has 6 nitrogen and oxygen atoms in total. The van der Waals surface area contributed by atoms with Crippen LogP contribution in [0.5, 0.6) is 5.75 Å². The first-order valence-corrected chi connectivity index (χ1v) is 4.14. The van der Waals surface area contributed by atoms with Gasteiger partial charge in [-0.3, -0.25) is 4.68 Å². The maximum atomic E-state index is 5.00. The van der Waals surface area contributed by atoms with Crippen molar-refractivity contribution in [1.29, 1.82) is 0 Å². The topological polar surface area (TPSA) is 66.0 Å². The summed E-state index contributed by atoms with van der Waals surface area (Å²) in [7, 11) is 1.60. The summed E-state index contributed by atoms with van der Waals surface area (Å²) >= 11 is 0. The molecule has 0 spiro atoms. The molecule has 0 saturated heterocycles. The molecule has 2 heterocycles.